The lowest BCUT2D eigenvalue weighted by Crippen LogP contribution is -2.53. The van der Waals surface area contributed by atoms with E-state index in [1.54, 1.807) is 6.92 Å². The molecular formula is C14H19NO3S. The number of hydrogen-bond acceptors (Lipinski definition) is 3. The molecule has 1 saturated carbocycles. The van der Waals surface area contributed by atoms with E-state index in [0.29, 0.717) is 4.88 Å². The van der Waals surface area contributed by atoms with Gasteiger partial charge in [-0.15, -0.1) is 11.3 Å². The van der Waals surface area contributed by atoms with Gasteiger partial charge >= 0.3 is 5.97 Å². The summed E-state index contributed by atoms with van der Waals surface area (Å²) < 4.78 is 0. The molecule has 1 aromatic rings. The zero-order valence-corrected chi connectivity index (χ0v) is 12.3. The van der Waals surface area contributed by atoms with Crippen LogP contribution in [0.3, 0.4) is 0 Å². The molecule has 0 saturated heterocycles. The average molecular weight is 281 g/mol. The summed E-state index contributed by atoms with van der Waals surface area (Å²) in [7, 11) is 0. The quantitative estimate of drug-likeness (QED) is 0.872. The first-order valence-corrected chi connectivity index (χ1v) is 7.35. The van der Waals surface area contributed by atoms with E-state index >= 15 is 0 Å². The predicted molar refractivity (Wildman–Crippen MR) is 74.7 cm³/mol. The van der Waals surface area contributed by atoms with Crippen LogP contribution < -0.4 is 5.32 Å². The Morgan fingerprint density at radius 2 is 2.16 bits per heavy atom. The zero-order chi connectivity index (χ0) is 14.2. The van der Waals surface area contributed by atoms with Crippen LogP contribution in [0, 0.1) is 12.8 Å². The Bertz CT molecular complexity index is 519. The topological polar surface area (TPSA) is 66.4 Å². The van der Waals surface area contributed by atoms with Crippen LogP contribution in [-0.4, -0.2) is 22.5 Å². The van der Waals surface area contributed by atoms with Crippen LogP contribution in [0.25, 0.3) is 0 Å². The second-order valence-corrected chi connectivity index (χ2v) is 6.54. The fraction of sp³-hybridized carbons (Fsp3) is 0.571. The molecule has 1 heterocycles. The summed E-state index contributed by atoms with van der Waals surface area (Å²) in [5, 5.41) is 12.0. The van der Waals surface area contributed by atoms with Gasteiger partial charge in [-0.1, -0.05) is 6.92 Å². The van der Waals surface area contributed by atoms with E-state index in [1.807, 2.05) is 19.9 Å². The van der Waals surface area contributed by atoms with Crippen molar-refractivity contribution in [3.8, 4) is 0 Å². The molecule has 0 bridgehead atoms. The number of rotatable bonds is 5. The molecule has 0 radical (unpaired) electrons. The minimum absolute atomic E-state index is 0.0562. The molecule has 0 spiro atoms. The van der Waals surface area contributed by atoms with E-state index in [2.05, 4.69) is 5.32 Å². The Morgan fingerprint density at radius 3 is 2.58 bits per heavy atom. The third-order valence-electron chi connectivity index (χ3n) is 3.84. The number of nitrogens with one attached hydrogen (secondary N) is 1. The first-order valence-electron chi connectivity index (χ1n) is 6.53. The molecule has 1 atom stereocenters. The number of amides is 1. The number of carboxylic acids is 1. The maximum absolute atomic E-state index is 12.2. The van der Waals surface area contributed by atoms with Crippen molar-refractivity contribution in [2.45, 2.75) is 45.6 Å². The lowest BCUT2D eigenvalue weighted by atomic mass is 9.96. The highest BCUT2D eigenvalue weighted by atomic mass is 32.1. The summed E-state index contributed by atoms with van der Waals surface area (Å²) >= 11 is 1.43. The molecule has 19 heavy (non-hydrogen) atoms. The molecule has 0 aliphatic heterocycles. The molecule has 2 rings (SSSR count). The molecule has 1 amide bonds. The Balaban J connectivity index is 2.17. The van der Waals surface area contributed by atoms with Crippen LogP contribution in [0.5, 0.6) is 0 Å². The third-order valence-corrected chi connectivity index (χ3v) is 4.93. The summed E-state index contributed by atoms with van der Waals surface area (Å²) in [4.78, 5) is 25.3. The Labute approximate surface area is 116 Å². The van der Waals surface area contributed by atoms with Gasteiger partial charge in [-0.3, -0.25) is 4.79 Å². The van der Waals surface area contributed by atoms with Crippen LogP contribution in [0.2, 0.25) is 0 Å². The molecule has 104 valence electrons. The number of carboxylic acid groups (broad SMARTS) is 1. The average Bonchev–Trinajstić information content (AvgIpc) is 3.12. The number of carbonyl (C=O) groups is 2. The lowest BCUT2D eigenvalue weighted by Gasteiger charge is -2.25. The van der Waals surface area contributed by atoms with Gasteiger partial charge < -0.3 is 10.4 Å². The summed E-state index contributed by atoms with van der Waals surface area (Å²) in [6.45, 7) is 5.63. The number of thiophene rings is 1. The maximum atomic E-state index is 12.2. The maximum Gasteiger partial charge on any atom is 0.329 e. The second kappa shape index (κ2) is 4.96. The number of carbonyl (C=O) groups excluding carboxylic acids is 1. The van der Waals surface area contributed by atoms with Crippen molar-refractivity contribution in [2.24, 2.45) is 5.92 Å². The number of hydrogen-bond donors (Lipinski definition) is 2. The van der Waals surface area contributed by atoms with E-state index in [0.717, 1.165) is 29.7 Å². The molecule has 2 N–H and O–H groups in total. The highest BCUT2D eigenvalue weighted by Gasteiger charge is 2.48. The van der Waals surface area contributed by atoms with Crippen molar-refractivity contribution in [3.63, 3.8) is 0 Å². The summed E-state index contributed by atoms with van der Waals surface area (Å²) in [5.41, 5.74) is 0.0139. The van der Waals surface area contributed by atoms with E-state index in [1.165, 1.54) is 11.3 Å². The van der Waals surface area contributed by atoms with Crippen LogP contribution in [-0.2, 0) is 11.2 Å². The zero-order valence-electron chi connectivity index (χ0n) is 11.4. The monoisotopic (exact) mass is 281 g/mol. The molecular weight excluding hydrogens is 262 g/mol. The fourth-order valence-electron chi connectivity index (χ4n) is 2.27. The first-order chi connectivity index (χ1) is 8.88. The summed E-state index contributed by atoms with van der Waals surface area (Å²) in [5.74, 6) is -1.17. The molecule has 1 aliphatic rings. The lowest BCUT2D eigenvalue weighted by molar-refractivity contribution is -0.144. The SMILES string of the molecule is CCc1cc(C(=O)NC(C)(C(=O)O)C2CC2)sc1C. The highest BCUT2D eigenvalue weighted by Crippen LogP contribution is 2.40. The normalized spacial score (nSPS) is 17.8. The van der Waals surface area contributed by atoms with Gasteiger partial charge in [0, 0.05) is 4.88 Å². The smallest absolute Gasteiger partial charge is 0.329 e. The van der Waals surface area contributed by atoms with E-state index in [4.69, 9.17) is 0 Å². The minimum atomic E-state index is -1.14. The van der Waals surface area contributed by atoms with E-state index < -0.39 is 11.5 Å². The molecule has 5 heteroatoms. The Hall–Kier alpha value is -1.36. The summed E-state index contributed by atoms with van der Waals surface area (Å²) in [6.07, 6.45) is 2.62. The number of aryl methyl sites for hydroxylation is 2. The van der Waals surface area contributed by atoms with Gasteiger partial charge in [-0.05, 0) is 50.7 Å². The molecule has 1 fully saturated rings. The van der Waals surface area contributed by atoms with Crippen molar-refractivity contribution in [3.05, 3.63) is 21.4 Å². The van der Waals surface area contributed by atoms with Gasteiger partial charge in [0.05, 0.1) is 4.88 Å². The van der Waals surface area contributed by atoms with Gasteiger partial charge in [0.25, 0.3) is 5.91 Å². The standard InChI is InChI=1S/C14H19NO3S/c1-4-9-7-11(19-8(9)2)12(16)15-14(3,13(17)18)10-5-6-10/h7,10H,4-6H2,1-3H3,(H,15,16)(H,17,18). The Morgan fingerprint density at radius 1 is 1.53 bits per heavy atom. The predicted octanol–water partition coefficient (Wildman–Crippen LogP) is 2.60. The van der Waals surface area contributed by atoms with Gasteiger partial charge in [-0.25, -0.2) is 4.79 Å². The molecule has 1 aliphatic carbocycles. The van der Waals surface area contributed by atoms with Crippen molar-refractivity contribution in [1.29, 1.82) is 0 Å². The van der Waals surface area contributed by atoms with Crippen molar-refractivity contribution >= 4 is 23.2 Å². The largest absolute Gasteiger partial charge is 0.480 e. The van der Waals surface area contributed by atoms with E-state index in [-0.39, 0.29) is 11.8 Å². The van der Waals surface area contributed by atoms with Crippen LogP contribution >= 0.6 is 11.3 Å². The van der Waals surface area contributed by atoms with Crippen LogP contribution in [0.4, 0.5) is 0 Å². The highest BCUT2D eigenvalue weighted by molar-refractivity contribution is 7.14. The second-order valence-electron chi connectivity index (χ2n) is 5.28. The van der Waals surface area contributed by atoms with Gasteiger partial charge in [0.1, 0.15) is 5.54 Å². The van der Waals surface area contributed by atoms with Gasteiger partial charge in [0.2, 0.25) is 0 Å². The Kier molecular flexibility index (Phi) is 3.67. The van der Waals surface area contributed by atoms with Crippen LogP contribution in [0.1, 0.15) is 46.8 Å². The third kappa shape index (κ3) is 2.66. The van der Waals surface area contributed by atoms with Crippen LogP contribution in [0.15, 0.2) is 6.07 Å². The van der Waals surface area contributed by atoms with Gasteiger partial charge in [-0.2, -0.15) is 0 Å². The minimum Gasteiger partial charge on any atom is -0.480 e. The molecule has 0 aromatic carbocycles. The summed E-state index contributed by atoms with van der Waals surface area (Å²) in [6, 6.07) is 1.87. The molecule has 1 aromatic heterocycles. The number of aliphatic carboxylic acids is 1. The molecule has 4 nitrogen and oxygen atoms in total. The van der Waals surface area contributed by atoms with Crippen molar-refractivity contribution in [1.82, 2.24) is 5.32 Å². The van der Waals surface area contributed by atoms with Gasteiger partial charge in [0.15, 0.2) is 0 Å². The first kappa shape index (κ1) is 14.1. The van der Waals surface area contributed by atoms with Crippen molar-refractivity contribution < 1.29 is 14.7 Å². The van der Waals surface area contributed by atoms with Crippen molar-refractivity contribution in [2.75, 3.05) is 0 Å². The fourth-order valence-corrected chi connectivity index (χ4v) is 3.28. The molecule has 1 unspecified atom stereocenters. The van der Waals surface area contributed by atoms with E-state index in [9.17, 15) is 14.7 Å².